The minimum absolute atomic E-state index is 0.163. The van der Waals surface area contributed by atoms with Crippen LogP contribution in [0.15, 0.2) is 36.3 Å². The molecule has 1 fully saturated rings. The van der Waals surface area contributed by atoms with Crippen LogP contribution in [0, 0.1) is 0 Å². The van der Waals surface area contributed by atoms with Crippen molar-refractivity contribution >= 4 is 11.6 Å². The lowest BCUT2D eigenvalue weighted by Crippen LogP contribution is -2.56. The van der Waals surface area contributed by atoms with Gasteiger partial charge in [0.25, 0.3) is 0 Å². The molecule has 0 spiro atoms. The molecule has 2 aliphatic rings. The smallest absolute Gasteiger partial charge is 0.229 e. The molecule has 1 aliphatic heterocycles. The second kappa shape index (κ2) is 3.87. The van der Waals surface area contributed by atoms with Crippen LogP contribution < -0.4 is 0 Å². The Hall–Kier alpha value is -1.84. The number of hydrogen-bond donors (Lipinski definition) is 0. The van der Waals surface area contributed by atoms with Crippen LogP contribution >= 0.6 is 0 Å². The molecular formula is C13H15NO3. The highest BCUT2D eigenvalue weighted by Gasteiger charge is 2.41. The van der Waals surface area contributed by atoms with E-state index in [0.717, 1.165) is 13.0 Å². The zero-order valence-corrected chi connectivity index (χ0v) is 10.0. The summed E-state index contributed by atoms with van der Waals surface area (Å²) in [5.41, 5.74) is 0.509. The van der Waals surface area contributed by atoms with Crippen molar-refractivity contribution in [3.05, 3.63) is 36.3 Å². The van der Waals surface area contributed by atoms with E-state index in [9.17, 15) is 9.59 Å². The van der Waals surface area contributed by atoms with E-state index < -0.39 is 11.6 Å². The number of likely N-dealkylation sites (tertiary alicyclic amines) is 1. The number of carbonyl (C=O) groups is 2. The van der Waals surface area contributed by atoms with Crippen LogP contribution in [-0.2, 0) is 14.3 Å². The van der Waals surface area contributed by atoms with Crippen molar-refractivity contribution in [1.82, 2.24) is 4.90 Å². The second-order valence-corrected chi connectivity index (χ2v) is 4.43. The third-order valence-electron chi connectivity index (χ3n) is 3.43. The Labute approximate surface area is 100 Å². The molecule has 1 aliphatic carbocycles. The van der Waals surface area contributed by atoms with E-state index in [2.05, 4.69) is 6.58 Å². The highest BCUT2D eigenvalue weighted by molar-refractivity contribution is 6.46. The van der Waals surface area contributed by atoms with Gasteiger partial charge < -0.3 is 9.64 Å². The lowest BCUT2D eigenvalue weighted by atomic mass is 9.85. The van der Waals surface area contributed by atoms with Crippen LogP contribution in [0.1, 0.15) is 13.3 Å². The zero-order chi connectivity index (χ0) is 12.6. The molecule has 2 rings (SSSR count). The van der Waals surface area contributed by atoms with Crippen molar-refractivity contribution in [3.63, 3.8) is 0 Å². The average molecular weight is 233 g/mol. The standard InChI is InChI=1S/C13H15NO3/c1-4-13(2)5-6-14(13)9-7-10(15)11(16)8-12(9)17-3/h4,7-8H,1,5-6H2,2-3H3. The minimum atomic E-state index is -0.536. The van der Waals surface area contributed by atoms with Crippen LogP contribution in [-0.4, -0.2) is 35.7 Å². The highest BCUT2D eigenvalue weighted by Crippen LogP contribution is 2.38. The van der Waals surface area contributed by atoms with E-state index in [0.29, 0.717) is 11.5 Å². The van der Waals surface area contributed by atoms with Crippen LogP contribution in [0.4, 0.5) is 0 Å². The molecule has 1 saturated heterocycles. The Morgan fingerprint density at radius 1 is 1.41 bits per heavy atom. The maximum atomic E-state index is 11.4. The van der Waals surface area contributed by atoms with Gasteiger partial charge in [-0.05, 0) is 13.3 Å². The summed E-state index contributed by atoms with van der Waals surface area (Å²) in [6, 6.07) is 0. The third-order valence-corrected chi connectivity index (χ3v) is 3.43. The van der Waals surface area contributed by atoms with E-state index >= 15 is 0 Å². The van der Waals surface area contributed by atoms with Gasteiger partial charge in [0, 0.05) is 18.7 Å². The molecule has 1 heterocycles. The Morgan fingerprint density at radius 2 is 2.06 bits per heavy atom. The number of methoxy groups -OCH3 is 1. The van der Waals surface area contributed by atoms with E-state index in [1.807, 2.05) is 17.9 Å². The Bertz CT molecular complexity index is 461. The van der Waals surface area contributed by atoms with E-state index in [-0.39, 0.29) is 5.54 Å². The van der Waals surface area contributed by atoms with E-state index in [4.69, 9.17) is 4.74 Å². The molecule has 0 amide bonds. The van der Waals surface area contributed by atoms with Crippen molar-refractivity contribution in [3.8, 4) is 0 Å². The topological polar surface area (TPSA) is 46.6 Å². The van der Waals surface area contributed by atoms with Crippen LogP contribution in [0.5, 0.6) is 0 Å². The molecule has 0 radical (unpaired) electrons. The van der Waals surface area contributed by atoms with Gasteiger partial charge in [-0.15, -0.1) is 6.58 Å². The van der Waals surface area contributed by atoms with E-state index in [1.165, 1.54) is 19.3 Å². The second-order valence-electron chi connectivity index (χ2n) is 4.43. The lowest BCUT2D eigenvalue weighted by Gasteiger charge is -2.51. The first-order valence-corrected chi connectivity index (χ1v) is 5.49. The molecule has 1 atom stereocenters. The van der Waals surface area contributed by atoms with Gasteiger partial charge in [-0.3, -0.25) is 9.59 Å². The monoisotopic (exact) mass is 233 g/mol. The number of carbonyl (C=O) groups excluding carboxylic acids is 2. The molecule has 0 bridgehead atoms. The molecule has 0 aromatic carbocycles. The fourth-order valence-corrected chi connectivity index (χ4v) is 2.09. The fourth-order valence-electron chi connectivity index (χ4n) is 2.09. The summed E-state index contributed by atoms with van der Waals surface area (Å²) >= 11 is 0. The van der Waals surface area contributed by atoms with Crippen molar-refractivity contribution < 1.29 is 14.3 Å². The largest absolute Gasteiger partial charge is 0.494 e. The maximum absolute atomic E-state index is 11.4. The van der Waals surface area contributed by atoms with Gasteiger partial charge in [0.1, 0.15) is 5.76 Å². The molecular weight excluding hydrogens is 218 g/mol. The van der Waals surface area contributed by atoms with Crippen molar-refractivity contribution in [1.29, 1.82) is 0 Å². The first-order chi connectivity index (χ1) is 8.01. The lowest BCUT2D eigenvalue weighted by molar-refractivity contribution is -0.131. The summed E-state index contributed by atoms with van der Waals surface area (Å²) in [6.45, 7) is 6.67. The number of rotatable bonds is 3. The molecule has 0 aromatic rings. The molecule has 4 heteroatoms. The van der Waals surface area contributed by atoms with Gasteiger partial charge in [-0.25, -0.2) is 0 Å². The van der Waals surface area contributed by atoms with Gasteiger partial charge in [0.05, 0.1) is 18.3 Å². The van der Waals surface area contributed by atoms with Crippen molar-refractivity contribution in [2.24, 2.45) is 0 Å². The third kappa shape index (κ3) is 1.69. The summed E-state index contributed by atoms with van der Waals surface area (Å²) in [5.74, 6) is -0.590. The molecule has 0 N–H and O–H groups in total. The van der Waals surface area contributed by atoms with Crippen molar-refractivity contribution in [2.45, 2.75) is 18.9 Å². The number of ether oxygens (including phenoxy) is 1. The van der Waals surface area contributed by atoms with Gasteiger partial charge in [0.15, 0.2) is 0 Å². The first kappa shape index (κ1) is 11.6. The normalized spacial score (nSPS) is 28.2. The first-order valence-electron chi connectivity index (χ1n) is 5.49. The molecule has 1 unspecified atom stereocenters. The summed E-state index contributed by atoms with van der Waals surface area (Å²) in [7, 11) is 1.49. The molecule has 90 valence electrons. The summed E-state index contributed by atoms with van der Waals surface area (Å²) in [6.07, 6.45) is 5.43. The van der Waals surface area contributed by atoms with Crippen LogP contribution in [0.2, 0.25) is 0 Å². The fraction of sp³-hybridized carbons (Fsp3) is 0.385. The highest BCUT2D eigenvalue weighted by atomic mass is 16.5. The predicted molar refractivity (Wildman–Crippen MR) is 63.1 cm³/mol. The Kier molecular flexibility index (Phi) is 2.65. The van der Waals surface area contributed by atoms with E-state index in [1.54, 1.807) is 0 Å². The summed E-state index contributed by atoms with van der Waals surface area (Å²) in [5, 5.41) is 0. The van der Waals surface area contributed by atoms with Crippen molar-refractivity contribution in [2.75, 3.05) is 13.7 Å². The predicted octanol–water partition coefficient (Wildman–Crippen LogP) is 1.20. The minimum Gasteiger partial charge on any atom is -0.494 e. The maximum Gasteiger partial charge on any atom is 0.229 e. The Morgan fingerprint density at radius 3 is 2.53 bits per heavy atom. The molecule has 4 nitrogen and oxygen atoms in total. The van der Waals surface area contributed by atoms with Gasteiger partial charge in [-0.2, -0.15) is 0 Å². The number of ketones is 2. The van der Waals surface area contributed by atoms with Crippen LogP contribution in [0.25, 0.3) is 0 Å². The number of hydrogen-bond acceptors (Lipinski definition) is 4. The van der Waals surface area contributed by atoms with Gasteiger partial charge in [-0.1, -0.05) is 6.08 Å². The molecule has 0 aromatic heterocycles. The SMILES string of the molecule is C=CC1(C)CCN1C1=CC(=O)C(=O)C=C1OC. The number of allylic oxidation sites excluding steroid dienone is 2. The molecule has 0 saturated carbocycles. The average Bonchev–Trinajstić information content (AvgIpc) is 2.31. The quantitative estimate of drug-likeness (QED) is 0.417. The van der Waals surface area contributed by atoms with Gasteiger partial charge in [0.2, 0.25) is 11.6 Å². The number of nitrogens with zero attached hydrogens (tertiary/aromatic N) is 1. The summed E-state index contributed by atoms with van der Waals surface area (Å²) < 4.78 is 5.16. The van der Waals surface area contributed by atoms with Crippen LogP contribution in [0.3, 0.4) is 0 Å². The summed E-state index contributed by atoms with van der Waals surface area (Å²) in [4.78, 5) is 24.7. The Balaban J connectivity index is 2.35. The molecule has 17 heavy (non-hydrogen) atoms. The zero-order valence-electron chi connectivity index (χ0n) is 10.0. The van der Waals surface area contributed by atoms with Gasteiger partial charge >= 0.3 is 0 Å².